The molecule has 13 heteroatoms. The van der Waals surface area contributed by atoms with Gasteiger partial charge in [0.25, 0.3) is 0 Å². The Labute approximate surface area is 217 Å². The fraction of sp³-hybridized carbons (Fsp3) is 0.261. The number of thiophene rings is 1. The van der Waals surface area contributed by atoms with Crippen LogP contribution in [0.2, 0.25) is 5.02 Å². The third-order valence-corrected chi connectivity index (χ3v) is 7.07. The molecule has 190 valence electrons. The van der Waals surface area contributed by atoms with Crippen LogP contribution in [-0.2, 0) is 15.7 Å². The summed E-state index contributed by atoms with van der Waals surface area (Å²) in [5.74, 6) is -1.97. The third kappa shape index (κ3) is 6.62. The normalized spacial score (nSPS) is 11.3. The van der Waals surface area contributed by atoms with Crippen LogP contribution in [0.15, 0.2) is 35.5 Å². The molecule has 0 bridgehead atoms. The number of halogens is 4. The minimum absolute atomic E-state index is 0.0153. The molecule has 1 aromatic carbocycles. The number of hydrogen-bond donors (Lipinski definition) is 1. The Balaban J connectivity index is 1.84. The van der Waals surface area contributed by atoms with E-state index in [9.17, 15) is 27.6 Å². The molecule has 1 N–H and O–H groups in total. The molecule has 0 aliphatic rings. The lowest BCUT2D eigenvalue weighted by molar-refractivity contribution is -0.141. The van der Waals surface area contributed by atoms with Crippen molar-refractivity contribution in [3.05, 3.63) is 57.1 Å². The maximum absolute atomic E-state index is 13.4. The first kappa shape index (κ1) is 27.6. The number of amides is 1. The standard InChI is InChI=1S/C23H19ClF3N3O4S2/c1-4-34-21(33)18-11(2)19(12(3)31)36-20(18)30-17(32)10-35-22-28-15(9-16(29-22)23(25,26)27)13-5-7-14(24)8-6-13/h5-9H,4,10H2,1-3H3,(H,30,32). The minimum atomic E-state index is -4.73. The van der Waals surface area contributed by atoms with Gasteiger partial charge in [0, 0.05) is 10.6 Å². The topological polar surface area (TPSA) is 98.2 Å². The van der Waals surface area contributed by atoms with Crippen LogP contribution >= 0.6 is 34.7 Å². The van der Waals surface area contributed by atoms with Gasteiger partial charge in [-0.3, -0.25) is 9.59 Å². The number of aromatic nitrogens is 2. The van der Waals surface area contributed by atoms with Gasteiger partial charge in [0.2, 0.25) is 5.91 Å². The smallest absolute Gasteiger partial charge is 0.433 e. The van der Waals surface area contributed by atoms with Crippen LogP contribution in [0.25, 0.3) is 11.3 Å². The van der Waals surface area contributed by atoms with Crippen LogP contribution in [0.3, 0.4) is 0 Å². The average Bonchev–Trinajstić information content (AvgIpc) is 3.13. The van der Waals surface area contributed by atoms with Crippen LogP contribution in [0.4, 0.5) is 18.2 Å². The molecule has 3 aromatic rings. The summed E-state index contributed by atoms with van der Waals surface area (Å²) in [6.07, 6.45) is -4.73. The van der Waals surface area contributed by atoms with Crippen molar-refractivity contribution >= 4 is 57.4 Å². The quantitative estimate of drug-likeness (QED) is 0.150. The van der Waals surface area contributed by atoms with Crippen LogP contribution < -0.4 is 5.32 Å². The molecular formula is C23H19ClF3N3O4S2. The van der Waals surface area contributed by atoms with E-state index in [1.54, 1.807) is 13.8 Å². The molecule has 0 atom stereocenters. The minimum Gasteiger partial charge on any atom is -0.462 e. The van der Waals surface area contributed by atoms with E-state index in [4.69, 9.17) is 16.3 Å². The number of hydrogen-bond acceptors (Lipinski definition) is 8. The number of thioether (sulfide) groups is 1. The van der Waals surface area contributed by atoms with Gasteiger partial charge in [-0.05, 0) is 44.5 Å². The lowest BCUT2D eigenvalue weighted by Gasteiger charge is -2.11. The Hall–Kier alpha value is -2.96. The van der Waals surface area contributed by atoms with E-state index in [1.807, 2.05) is 0 Å². The van der Waals surface area contributed by atoms with Crippen molar-refractivity contribution in [2.75, 3.05) is 17.7 Å². The summed E-state index contributed by atoms with van der Waals surface area (Å²) < 4.78 is 45.3. The number of ketones is 1. The number of carbonyl (C=O) groups is 3. The number of anilines is 1. The molecule has 0 radical (unpaired) electrons. The van der Waals surface area contributed by atoms with Gasteiger partial charge >= 0.3 is 12.1 Å². The number of esters is 1. The molecule has 0 aliphatic carbocycles. The van der Waals surface area contributed by atoms with Crippen LogP contribution in [0, 0.1) is 6.92 Å². The molecule has 0 spiro atoms. The Bertz CT molecular complexity index is 1310. The zero-order valence-corrected chi connectivity index (χ0v) is 21.5. The lowest BCUT2D eigenvalue weighted by Crippen LogP contribution is -2.17. The van der Waals surface area contributed by atoms with Crippen molar-refractivity contribution in [1.82, 2.24) is 9.97 Å². The van der Waals surface area contributed by atoms with Crippen molar-refractivity contribution in [3.63, 3.8) is 0 Å². The number of benzene rings is 1. The molecule has 2 heterocycles. The first-order valence-corrected chi connectivity index (χ1v) is 12.5. The molecule has 7 nitrogen and oxygen atoms in total. The summed E-state index contributed by atoms with van der Waals surface area (Å²) >= 11 is 7.47. The molecule has 36 heavy (non-hydrogen) atoms. The van der Waals surface area contributed by atoms with Crippen LogP contribution in [-0.4, -0.2) is 40.0 Å². The number of carbonyl (C=O) groups excluding carboxylic acids is 3. The van der Waals surface area contributed by atoms with Crippen molar-refractivity contribution < 1.29 is 32.3 Å². The van der Waals surface area contributed by atoms with E-state index in [0.29, 0.717) is 27.9 Å². The highest BCUT2D eigenvalue weighted by Crippen LogP contribution is 2.35. The summed E-state index contributed by atoms with van der Waals surface area (Å²) in [4.78, 5) is 44.9. The fourth-order valence-corrected chi connectivity index (χ4v) is 4.97. The van der Waals surface area contributed by atoms with Crippen molar-refractivity contribution in [2.45, 2.75) is 32.1 Å². The summed E-state index contributed by atoms with van der Waals surface area (Å²) in [7, 11) is 0. The van der Waals surface area contributed by atoms with Gasteiger partial charge in [0.1, 0.15) is 10.7 Å². The second kappa shape index (κ2) is 11.4. The highest BCUT2D eigenvalue weighted by Gasteiger charge is 2.34. The number of alkyl halides is 3. The molecule has 0 saturated heterocycles. The van der Waals surface area contributed by atoms with E-state index in [2.05, 4.69) is 15.3 Å². The first-order valence-electron chi connectivity index (χ1n) is 10.4. The summed E-state index contributed by atoms with van der Waals surface area (Å²) in [6, 6.07) is 6.90. The Kier molecular flexibility index (Phi) is 8.75. The number of nitrogens with one attached hydrogen (secondary N) is 1. The Morgan fingerprint density at radius 2 is 1.83 bits per heavy atom. The van der Waals surface area contributed by atoms with E-state index in [0.717, 1.165) is 17.4 Å². The molecule has 0 saturated carbocycles. The van der Waals surface area contributed by atoms with E-state index >= 15 is 0 Å². The third-order valence-electron chi connectivity index (χ3n) is 4.67. The molecule has 0 aliphatic heterocycles. The lowest BCUT2D eigenvalue weighted by atomic mass is 10.1. The zero-order chi connectivity index (χ0) is 26.6. The number of nitrogens with zero attached hydrogens (tertiary/aromatic N) is 2. The van der Waals surface area contributed by atoms with Crippen LogP contribution in [0.1, 0.15) is 45.1 Å². The second-order valence-corrected chi connectivity index (χ2v) is 9.70. The van der Waals surface area contributed by atoms with Gasteiger partial charge in [0.15, 0.2) is 10.9 Å². The summed E-state index contributed by atoms with van der Waals surface area (Å²) in [6.45, 7) is 4.61. The highest BCUT2D eigenvalue weighted by molar-refractivity contribution is 7.99. The number of ether oxygens (including phenoxy) is 1. The fourth-order valence-electron chi connectivity index (χ4n) is 3.08. The molecule has 3 rings (SSSR count). The first-order chi connectivity index (χ1) is 16.9. The van der Waals surface area contributed by atoms with E-state index in [1.165, 1.54) is 31.2 Å². The van der Waals surface area contributed by atoms with Gasteiger partial charge < -0.3 is 10.1 Å². The molecule has 0 unspecified atom stereocenters. The SMILES string of the molecule is CCOC(=O)c1c(NC(=O)CSc2nc(-c3ccc(Cl)cc3)cc(C(F)(F)F)n2)sc(C(C)=O)c1C. The Morgan fingerprint density at radius 3 is 2.42 bits per heavy atom. The summed E-state index contributed by atoms with van der Waals surface area (Å²) in [5, 5.41) is 2.82. The predicted octanol–water partition coefficient (Wildman–Crippen LogP) is 6.30. The monoisotopic (exact) mass is 557 g/mol. The average molecular weight is 558 g/mol. The molecule has 2 aromatic heterocycles. The Morgan fingerprint density at radius 1 is 1.17 bits per heavy atom. The van der Waals surface area contributed by atoms with E-state index in [-0.39, 0.29) is 44.4 Å². The van der Waals surface area contributed by atoms with Gasteiger partial charge in [-0.2, -0.15) is 13.2 Å². The van der Waals surface area contributed by atoms with Crippen molar-refractivity contribution in [2.24, 2.45) is 0 Å². The zero-order valence-electron chi connectivity index (χ0n) is 19.2. The maximum atomic E-state index is 13.4. The second-order valence-electron chi connectivity index (χ2n) is 7.30. The van der Waals surface area contributed by atoms with Gasteiger partial charge in [0.05, 0.1) is 28.5 Å². The molecular weight excluding hydrogens is 539 g/mol. The van der Waals surface area contributed by atoms with E-state index < -0.39 is 23.7 Å². The molecule has 0 fully saturated rings. The van der Waals surface area contributed by atoms with Crippen molar-refractivity contribution in [1.29, 1.82) is 0 Å². The van der Waals surface area contributed by atoms with Gasteiger partial charge in [-0.15, -0.1) is 11.3 Å². The summed E-state index contributed by atoms with van der Waals surface area (Å²) in [5.41, 5.74) is -0.312. The van der Waals surface area contributed by atoms with Crippen LogP contribution in [0.5, 0.6) is 0 Å². The predicted molar refractivity (Wildman–Crippen MR) is 132 cm³/mol. The number of Topliss-reactive ketones (excluding diaryl/α,β-unsaturated/α-hetero) is 1. The maximum Gasteiger partial charge on any atom is 0.433 e. The highest BCUT2D eigenvalue weighted by atomic mass is 35.5. The number of rotatable bonds is 8. The van der Waals surface area contributed by atoms with Gasteiger partial charge in [-0.1, -0.05) is 35.5 Å². The largest absolute Gasteiger partial charge is 0.462 e. The molecule has 1 amide bonds. The van der Waals surface area contributed by atoms with Crippen molar-refractivity contribution in [3.8, 4) is 11.3 Å². The van der Waals surface area contributed by atoms with Gasteiger partial charge in [-0.25, -0.2) is 14.8 Å².